The fourth-order valence-corrected chi connectivity index (χ4v) is 0. The predicted octanol–water partition coefficient (Wildman–Crippen LogP) is -0.389. The lowest BCUT2D eigenvalue weighted by Crippen LogP contribution is -1.82. The van der Waals surface area contributed by atoms with Gasteiger partial charge >= 0.3 is 7.23 Å². The standard InChI is InChI=1S/H2NO2PS/c1-5-4(2)3/h1H2. The van der Waals surface area contributed by atoms with Crippen LogP contribution in [0.25, 0.3) is 0 Å². The van der Waals surface area contributed by atoms with Crippen LogP contribution in [0.5, 0.6) is 0 Å². The normalized spacial score (nSPS) is 11.2. The second-order valence-electron chi connectivity index (χ2n) is 0.329. The molecule has 30 valence electrons. The summed E-state index contributed by atoms with van der Waals surface area (Å²) in [4.78, 5) is 9.24. The molecule has 5 heavy (non-hydrogen) atoms. The van der Waals surface area contributed by atoms with Crippen LogP contribution in [-0.2, 0) is 4.57 Å². The molecule has 0 rings (SSSR count). The molecule has 0 aliphatic heterocycles. The molecule has 0 bridgehead atoms. The lowest BCUT2D eigenvalue weighted by atomic mass is 14.0. The van der Waals surface area contributed by atoms with E-state index in [0.29, 0.717) is 11.6 Å². The zero-order chi connectivity index (χ0) is 4.28. The Balaban J connectivity index is 2.85. The molecule has 0 radical (unpaired) electrons. The van der Waals surface area contributed by atoms with Crippen LogP contribution in [0, 0.1) is 0 Å². The summed E-state index contributed by atoms with van der Waals surface area (Å²) in [5, 5.41) is 4.49. The van der Waals surface area contributed by atoms with E-state index in [1.165, 1.54) is 0 Å². The van der Waals surface area contributed by atoms with E-state index in [9.17, 15) is 9.46 Å². The van der Waals surface area contributed by atoms with Gasteiger partial charge in [0.15, 0.2) is 0 Å². The summed E-state index contributed by atoms with van der Waals surface area (Å²) < 4.78 is 9.24. The van der Waals surface area contributed by atoms with Gasteiger partial charge in [-0.1, -0.05) is 4.57 Å². The monoisotopic (exact) mass is 111 g/mol. The van der Waals surface area contributed by atoms with E-state index in [0.717, 1.165) is 0 Å². The van der Waals surface area contributed by atoms with Crippen molar-refractivity contribution in [2.75, 3.05) is 0 Å². The van der Waals surface area contributed by atoms with Gasteiger partial charge in [0, 0.05) is 0 Å². The number of rotatable bonds is 1. The van der Waals surface area contributed by atoms with Crippen molar-refractivity contribution < 1.29 is 9.46 Å². The van der Waals surface area contributed by atoms with Crippen molar-refractivity contribution in [1.29, 1.82) is 0 Å². The summed E-state index contributed by atoms with van der Waals surface area (Å²) in [6.07, 6.45) is 0. The van der Waals surface area contributed by atoms with E-state index in [-0.39, 0.29) is 0 Å². The highest BCUT2D eigenvalue weighted by molar-refractivity contribution is 8.48. The van der Waals surface area contributed by atoms with E-state index in [1.54, 1.807) is 0 Å². The molecule has 0 fully saturated rings. The van der Waals surface area contributed by atoms with Crippen LogP contribution in [0.3, 0.4) is 0 Å². The quantitative estimate of drug-likeness (QED) is 0.369. The van der Waals surface area contributed by atoms with Crippen molar-refractivity contribution in [2.24, 2.45) is 5.14 Å². The third kappa shape index (κ3) is 4.37. The van der Waals surface area contributed by atoms with Crippen molar-refractivity contribution >= 4 is 18.8 Å². The summed E-state index contributed by atoms with van der Waals surface area (Å²) in [6.45, 7) is 0. The zero-order valence-corrected chi connectivity index (χ0v) is 3.96. The lowest BCUT2D eigenvalue weighted by Gasteiger charge is -1.67. The van der Waals surface area contributed by atoms with Gasteiger partial charge < -0.3 is 4.89 Å². The first-order chi connectivity index (χ1) is 2.27. The maximum Gasteiger partial charge on any atom is 0.401 e. The Morgan fingerprint density at radius 2 is 2.20 bits per heavy atom. The van der Waals surface area contributed by atoms with Crippen molar-refractivity contribution in [1.82, 2.24) is 0 Å². The van der Waals surface area contributed by atoms with Gasteiger partial charge in [-0.3, -0.25) is 0 Å². The number of hydrogen-bond acceptors (Lipinski definition) is 4. The molecule has 0 aliphatic rings. The Morgan fingerprint density at radius 3 is 2.20 bits per heavy atom. The molecule has 2 N–H and O–H groups in total. The minimum Gasteiger partial charge on any atom is -0.584 e. The molecular weight excluding hydrogens is 109 g/mol. The minimum atomic E-state index is -2.40. The molecule has 3 nitrogen and oxygen atoms in total. The molecule has 0 aliphatic carbocycles. The highest BCUT2D eigenvalue weighted by Crippen LogP contribution is 2.19. The van der Waals surface area contributed by atoms with Crippen LogP contribution in [0.2, 0.25) is 0 Å². The average molecular weight is 111 g/mol. The van der Waals surface area contributed by atoms with E-state index in [4.69, 9.17) is 0 Å². The van der Waals surface area contributed by atoms with Gasteiger partial charge in [-0.05, 0) is 0 Å². The third-order valence-corrected chi connectivity index (χ3v) is 0.775. The van der Waals surface area contributed by atoms with Gasteiger partial charge in [-0.25, -0.2) is 5.14 Å². The first kappa shape index (κ1) is 5.37. The van der Waals surface area contributed by atoms with Crippen LogP contribution >= 0.6 is 18.8 Å². The van der Waals surface area contributed by atoms with Crippen LogP contribution in [0.4, 0.5) is 0 Å². The Labute approximate surface area is 34.3 Å². The lowest BCUT2D eigenvalue weighted by molar-refractivity contribution is -0.157. The van der Waals surface area contributed by atoms with Crippen molar-refractivity contribution in [3.8, 4) is 0 Å². The van der Waals surface area contributed by atoms with Crippen LogP contribution < -0.4 is 10.0 Å². The van der Waals surface area contributed by atoms with Gasteiger partial charge in [-0.2, -0.15) is 0 Å². The second-order valence-corrected chi connectivity index (χ2v) is 2.51. The highest BCUT2D eigenvalue weighted by Gasteiger charge is 1.89. The molecule has 0 heterocycles. The predicted molar refractivity (Wildman–Crippen MR) is 19.4 cm³/mol. The molecule has 0 aromatic rings. The molecule has 0 saturated heterocycles. The maximum absolute atomic E-state index is 9.24. The van der Waals surface area contributed by atoms with Gasteiger partial charge in [0.25, 0.3) is 0 Å². The summed E-state index contributed by atoms with van der Waals surface area (Å²) in [6, 6.07) is 0. The Morgan fingerprint density at radius 1 is 2.00 bits per heavy atom. The van der Waals surface area contributed by atoms with E-state index < -0.39 is 7.23 Å². The maximum atomic E-state index is 9.24. The largest absolute Gasteiger partial charge is 0.584 e. The first-order valence-corrected chi connectivity index (χ1v) is 3.45. The topological polar surface area (TPSA) is 66.2 Å². The van der Waals surface area contributed by atoms with E-state index in [2.05, 4.69) is 5.14 Å². The average Bonchev–Trinajstić information content (AvgIpc) is 1.38. The van der Waals surface area contributed by atoms with Gasteiger partial charge in [-0.15, -0.1) is 0 Å². The zero-order valence-electron chi connectivity index (χ0n) is 2.25. The fourth-order valence-electron chi connectivity index (χ4n) is 0. The van der Waals surface area contributed by atoms with Gasteiger partial charge in [0.05, 0.1) is 0 Å². The smallest absolute Gasteiger partial charge is 0.401 e. The van der Waals surface area contributed by atoms with Crippen LogP contribution in [-0.4, -0.2) is 0 Å². The molecule has 0 amide bonds. The Hall–Kier alpha value is 0.370. The van der Waals surface area contributed by atoms with Crippen molar-refractivity contribution in [3.63, 3.8) is 0 Å². The summed E-state index contributed by atoms with van der Waals surface area (Å²) >= 11 is 0.333. The molecule has 0 saturated carbocycles. The Bertz CT molecular complexity index is 44.9. The minimum absolute atomic E-state index is 0.333. The van der Waals surface area contributed by atoms with Crippen LogP contribution in [0.15, 0.2) is 0 Å². The highest BCUT2D eigenvalue weighted by atomic mass is 32.7. The first-order valence-electron chi connectivity index (χ1n) is 0.783. The second kappa shape index (κ2) is 2.60. The fraction of sp³-hybridized carbons (Fsp3) is 0. The SMILES string of the molecule is NS[P+](=O)[O-]. The molecule has 5 heteroatoms. The van der Waals surface area contributed by atoms with Gasteiger partial charge in [0.1, 0.15) is 0 Å². The van der Waals surface area contributed by atoms with Gasteiger partial charge in [0.2, 0.25) is 11.6 Å². The molecule has 1 atom stereocenters. The van der Waals surface area contributed by atoms with Crippen molar-refractivity contribution in [3.05, 3.63) is 0 Å². The number of nitrogens with two attached hydrogens (primary N) is 1. The molecule has 0 spiro atoms. The molecular formula is H2NO2PS. The Kier molecular flexibility index (Phi) is 2.79. The number of hydrogen-bond donors (Lipinski definition) is 1. The molecule has 0 aromatic carbocycles. The van der Waals surface area contributed by atoms with Crippen molar-refractivity contribution in [2.45, 2.75) is 0 Å². The summed E-state index contributed by atoms with van der Waals surface area (Å²) in [7, 11) is -2.40. The van der Waals surface area contributed by atoms with Crippen LogP contribution in [0.1, 0.15) is 0 Å². The summed E-state index contributed by atoms with van der Waals surface area (Å²) in [5.74, 6) is 0. The molecule has 1 unspecified atom stereocenters. The van der Waals surface area contributed by atoms with E-state index in [1.807, 2.05) is 0 Å². The third-order valence-electron chi connectivity index (χ3n) is 0.0861. The molecule has 0 aromatic heterocycles. The van der Waals surface area contributed by atoms with E-state index >= 15 is 0 Å². The summed E-state index contributed by atoms with van der Waals surface area (Å²) in [5.41, 5.74) is 0.